The molecule has 0 aliphatic carbocycles. The molecule has 0 bridgehead atoms. The lowest BCUT2D eigenvalue weighted by Gasteiger charge is -2.23. The van der Waals surface area contributed by atoms with Gasteiger partial charge in [0.2, 0.25) is 0 Å². The Morgan fingerprint density at radius 1 is 1.12 bits per heavy atom. The van der Waals surface area contributed by atoms with Crippen molar-refractivity contribution >= 4 is 16.8 Å². The van der Waals surface area contributed by atoms with E-state index in [1.807, 2.05) is 30.0 Å². The Bertz CT molecular complexity index is 901. The van der Waals surface area contributed by atoms with Gasteiger partial charge in [-0.15, -0.1) is 0 Å². The molecule has 4 nitrogen and oxygen atoms in total. The minimum absolute atomic E-state index is 0.382. The van der Waals surface area contributed by atoms with Crippen molar-refractivity contribution in [2.24, 2.45) is 0 Å². The van der Waals surface area contributed by atoms with Gasteiger partial charge in [-0.05, 0) is 37.6 Å². The van der Waals surface area contributed by atoms with E-state index < -0.39 is 11.6 Å². The van der Waals surface area contributed by atoms with E-state index in [0.717, 1.165) is 11.6 Å². The number of fused-ring (bicyclic) bond motifs is 1. The van der Waals surface area contributed by atoms with Crippen LogP contribution < -0.4 is 10.7 Å². The van der Waals surface area contributed by atoms with Crippen LogP contribution in [0.3, 0.4) is 0 Å². The van der Waals surface area contributed by atoms with Gasteiger partial charge in [0, 0.05) is 31.4 Å². The van der Waals surface area contributed by atoms with Gasteiger partial charge >= 0.3 is 5.76 Å². The summed E-state index contributed by atoms with van der Waals surface area (Å²) in [5.41, 5.74) is 1.95. The Morgan fingerprint density at radius 3 is 2.67 bits per heavy atom. The van der Waals surface area contributed by atoms with Crippen LogP contribution in [-0.4, -0.2) is 17.7 Å². The van der Waals surface area contributed by atoms with E-state index in [2.05, 4.69) is 0 Å². The lowest BCUT2D eigenvalue weighted by atomic mass is 10.2. The molecule has 1 aromatic heterocycles. The van der Waals surface area contributed by atoms with Gasteiger partial charge in [0.1, 0.15) is 0 Å². The third-order valence-electron chi connectivity index (χ3n) is 4.03. The fraction of sp³-hybridized carbons (Fsp3) is 0.278. The first kappa shape index (κ1) is 16.2. The predicted molar refractivity (Wildman–Crippen MR) is 89.3 cm³/mol. The summed E-state index contributed by atoms with van der Waals surface area (Å²) in [4.78, 5) is 13.9. The molecule has 0 N–H and O–H groups in total. The third-order valence-corrected chi connectivity index (χ3v) is 4.03. The summed E-state index contributed by atoms with van der Waals surface area (Å²) in [6.45, 7) is 3.72. The van der Waals surface area contributed by atoms with Gasteiger partial charge in [0.05, 0.1) is 5.52 Å². The molecule has 0 saturated carbocycles. The Balaban J connectivity index is 1.71. The fourth-order valence-electron chi connectivity index (χ4n) is 2.80. The lowest BCUT2D eigenvalue weighted by molar-refractivity contribution is 0.496. The Labute approximate surface area is 137 Å². The van der Waals surface area contributed by atoms with E-state index >= 15 is 0 Å². The average molecular weight is 332 g/mol. The second-order valence-corrected chi connectivity index (χ2v) is 5.52. The first-order valence-corrected chi connectivity index (χ1v) is 7.88. The van der Waals surface area contributed by atoms with Crippen LogP contribution in [0.15, 0.2) is 51.7 Å². The standard InChI is InChI=1S/C18H18F2N2O2/c1-2-21(13-8-9-14(19)15(20)12-13)10-5-11-22-16-6-3-4-7-17(16)24-18(22)23/h3-4,6-9,12H,2,5,10-11H2,1H3. The van der Waals surface area contributed by atoms with E-state index in [4.69, 9.17) is 4.42 Å². The van der Waals surface area contributed by atoms with Crippen molar-refractivity contribution in [1.29, 1.82) is 0 Å². The maximum atomic E-state index is 13.4. The number of rotatable bonds is 6. The summed E-state index contributed by atoms with van der Waals surface area (Å²) in [5, 5.41) is 0. The van der Waals surface area contributed by atoms with Gasteiger partial charge in [-0.25, -0.2) is 13.6 Å². The normalized spacial score (nSPS) is 11.1. The second kappa shape index (κ2) is 6.86. The molecule has 0 aliphatic heterocycles. The van der Waals surface area contributed by atoms with Gasteiger partial charge in [-0.2, -0.15) is 0 Å². The van der Waals surface area contributed by atoms with Crippen molar-refractivity contribution in [2.75, 3.05) is 18.0 Å². The average Bonchev–Trinajstić information content (AvgIpc) is 2.90. The zero-order valence-electron chi connectivity index (χ0n) is 13.3. The van der Waals surface area contributed by atoms with Gasteiger partial charge < -0.3 is 9.32 Å². The zero-order valence-corrected chi connectivity index (χ0v) is 13.3. The van der Waals surface area contributed by atoms with E-state index in [1.165, 1.54) is 6.07 Å². The molecule has 126 valence electrons. The smallest absolute Gasteiger partial charge is 0.408 e. The molecule has 0 fully saturated rings. The molecule has 0 amide bonds. The predicted octanol–water partition coefficient (Wildman–Crippen LogP) is 3.79. The number of para-hydroxylation sites is 2. The van der Waals surface area contributed by atoms with Gasteiger partial charge in [0.15, 0.2) is 17.2 Å². The minimum atomic E-state index is -0.858. The summed E-state index contributed by atoms with van der Waals surface area (Å²) >= 11 is 0. The van der Waals surface area contributed by atoms with Gasteiger partial charge in [-0.3, -0.25) is 4.57 Å². The highest BCUT2D eigenvalue weighted by Crippen LogP contribution is 2.18. The van der Waals surface area contributed by atoms with Crippen LogP contribution in [-0.2, 0) is 6.54 Å². The maximum Gasteiger partial charge on any atom is 0.419 e. The van der Waals surface area contributed by atoms with Crippen LogP contribution >= 0.6 is 0 Å². The van der Waals surface area contributed by atoms with Crippen LogP contribution in [0.2, 0.25) is 0 Å². The molecule has 1 heterocycles. The maximum absolute atomic E-state index is 13.4. The van der Waals surface area contributed by atoms with Crippen LogP contribution in [0, 0.1) is 11.6 Å². The van der Waals surface area contributed by atoms with Crippen LogP contribution in [0.1, 0.15) is 13.3 Å². The Hall–Kier alpha value is -2.63. The van der Waals surface area contributed by atoms with Crippen LogP contribution in [0.4, 0.5) is 14.5 Å². The quantitative estimate of drug-likeness (QED) is 0.689. The van der Waals surface area contributed by atoms with Crippen molar-refractivity contribution in [3.05, 3.63) is 64.6 Å². The molecule has 3 aromatic rings. The van der Waals surface area contributed by atoms with Crippen LogP contribution in [0.25, 0.3) is 11.1 Å². The lowest BCUT2D eigenvalue weighted by Crippen LogP contribution is -2.26. The molecule has 0 unspecified atom stereocenters. The van der Waals surface area contributed by atoms with Crippen molar-refractivity contribution in [1.82, 2.24) is 4.57 Å². The Kier molecular flexibility index (Phi) is 4.64. The number of oxazole rings is 1. The zero-order chi connectivity index (χ0) is 17.1. The molecular formula is C18H18F2N2O2. The molecule has 0 aliphatic rings. The highest BCUT2D eigenvalue weighted by molar-refractivity contribution is 5.72. The topological polar surface area (TPSA) is 38.4 Å². The number of halogens is 2. The molecule has 3 rings (SSSR count). The molecule has 0 atom stereocenters. The molecule has 0 spiro atoms. The highest BCUT2D eigenvalue weighted by Gasteiger charge is 2.11. The summed E-state index contributed by atoms with van der Waals surface area (Å²) in [7, 11) is 0. The molecular weight excluding hydrogens is 314 g/mol. The summed E-state index contributed by atoms with van der Waals surface area (Å²) in [6.07, 6.45) is 0.677. The van der Waals surface area contributed by atoms with Gasteiger partial charge in [0.25, 0.3) is 0 Å². The largest absolute Gasteiger partial charge is 0.419 e. The van der Waals surface area contributed by atoms with Gasteiger partial charge in [-0.1, -0.05) is 12.1 Å². The summed E-state index contributed by atoms with van der Waals surface area (Å²) < 4.78 is 33.2. The van der Waals surface area contributed by atoms with E-state index in [-0.39, 0.29) is 5.76 Å². The first-order valence-electron chi connectivity index (χ1n) is 7.88. The highest BCUT2D eigenvalue weighted by atomic mass is 19.2. The van der Waals surface area contributed by atoms with E-state index in [9.17, 15) is 13.6 Å². The Morgan fingerprint density at radius 2 is 1.92 bits per heavy atom. The molecule has 2 aromatic carbocycles. The molecule has 0 radical (unpaired) electrons. The number of hydrogen-bond donors (Lipinski definition) is 0. The SMILES string of the molecule is CCN(CCCn1c(=O)oc2ccccc21)c1ccc(F)c(F)c1. The number of benzene rings is 2. The molecule has 6 heteroatoms. The number of aryl methyl sites for hydroxylation is 1. The molecule has 0 saturated heterocycles. The second-order valence-electron chi connectivity index (χ2n) is 5.52. The monoisotopic (exact) mass is 332 g/mol. The fourth-order valence-corrected chi connectivity index (χ4v) is 2.80. The number of anilines is 1. The molecule has 24 heavy (non-hydrogen) atoms. The van der Waals surface area contributed by atoms with E-state index in [1.54, 1.807) is 16.7 Å². The number of hydrogen-bond acceptors (Lipinski definition) is 3. The third kappa shape index (κ3) is 3.18. The summed E-state index contributed by atoms with van der Waals surface area (Å²) in [6, 6.07) is 11.1. The van der Waals surface area contributed by atoms with Crippen molar-refractivity contribution < 1.29 is 13.2 Å². The van der Waals surface area contributed by atoms with Crippen LogP contribution in [0.5, 0.6) is 0 Å². The number of nitrogens with zero attached hydrogens (tertiary/aromatic N) is 2. The summed E-state index contributed by atoms with van der Waals surface area (Å²) in [5.74, 6) is -2.10. The van der Waals surface area contributed by atoms with Crippen molar-refractivity contribution in [3.63, 3.8) is 0 Å². The number of aromatic nitrogens is 1. The van der Waals surface area contributed by atoms with E-state index in [0.29, 0.717) is 37.3 Å². The van der Waals surface area contributed by atoms with Crippen molar-refractivity contribution in [2.45, 2.75) is 19.9 Å². The first-order chi connectivity index (χ1) is 11.6. The van der Waals surface area contributed by atoms with Crippen molar-refractivity contribution in [3.8, 4) is 0 Å². The minimum Gasteiger partial charge on any atom is -0.408 e.